The lowest BCUT2D eigenvalue weighted by Gasteiger charge is -2.33. The minimum Gasteiger partial charge on any atom is -0.440 e. The van der Waals surface area contributed by atoms with Crippen LogP contribution in [0.25, 0.3) is 23.2 Å². The Kier molecular flexibility index (Phi) is 15.5. The number of alkyl halides is 6. The van der Waals surface area contributed by atoms with Crippen LogP contribution in [0.1, 0.15) is 58.7 Å². The van der Waals surface area contributed by atoms with Crippen LogP contribution in [0.2, 0.25) is 0 Å². The zero-order valence-corrected chi connectivity index (χ0v) is 37.2. The quantitative estimate of drug-likeness (QED) is 0.0585. The molecule has 0 radical (unpaired) electrons. The van der Waals surface area contributed by atoms with Crippen molar-refractivity contribution in [2.24, 2.45) is 14.1 Å². The average molecular weight is 935 g/mol. The minimum atomic E-state index is -4.33. The van der Waals surface area contributed by atoms with Crippen LogP contribution in [0.3, 0.4) is 0 Å². The normalized spacial score (nSPS) is 17.7. The van der Waals surface area contributed by atoms with Gasteiger partial charge in [0.05, 0.1) is 47.9 Å². The van der Waals surface area contributed by atoms with Crippen molar-refractivity contribution in [3.8, 4) is 23.2 Å². The maximum absolute atomic E-state index is 12.8. The lowest BCUT2D eigenvalue weighted by molar-refractivity contribution is -0.138. The van der Waals surface area contributed by atoms with Gasteiger partial charge in [0.25, 0.3) is 0 Å². The van der Waals surface area contributed by atoms with Crippen LogP contribution < -0.4 is 0 Å². The van der Waals surface area contributed by atoms with Crippen molar-refractivity contribution in [3.63, 3.8) is 0 Å². The number of hydrogen-bond acceptors (Lipinski definition) is 14. The van der Waals surface area contributed by atoms with Gasteiger partial charge < -0.3 is 27.4 Å². The Labute approximate surface area is 374 Å². The zero-order chi connectivity index (χ0) is 45.4. The van der Waals surface area contributed by atoms with E-state index >= 15 is 0 Å². The molecule has 344 valence electrons. The Morgan fingerprint density at radius 2 is 0.984 bits per heavy atom. The summed E-state index contributed by atoms with van der Waals surface area (Å²) >= 11 is 3.25. The maximum atomic E-state index is 12.8. The van der Waals surface area contributed by atoms with Gasteiger partial charge in [0, 0.05) is 51.8 Å². The molecular formula is C42H48F6N10O4S2. The number of halogens is 6. The first-order valence-electron chi connectivity index (χ1n) is 20.5. The molecule has 0 spiro atoms. The number of rotatable bonds is 14. The van der Waals surface area contributed by atoms with Gasteiger partial charge in [-0.25, -0.2) is 9.97 Å². The van der Waals surface area contributed by atoms with E-state index in [4.69, 9.17) is 18.3 Å². The van der Waals surface area contributed by atoms with Crippen molar-refractivity contribution in [1.82, 2.24) is 49.3 Å². The Morgan fingerprint density at radius 1 is 0.594 bits per heavy atom. The highest BCUT2D eigenvalue weighted by atomic mass is 32.2. The third kappa shape index (κ3) is 11.9. The van der Waals surface area contributed by atoms with Crippen molar-refractivity contribution in [2.45, 2.75) is 61.6 Å². The summed E-state index contributed by atoms with van der Waals surface area (Å²) in [6.07, 6.45) is -4.42. The molecule has 0 amide bonds. The molecule has 2 aliphatic heterocycles. The first-order chi connectivity index (χ1) is 30.7. The lowest BCUT2D eigenvalue weighted by atomic mass is 10.1. The molecule has 0 bridgehead atoms. The number of nitrogens with zero attached hydrogens (tertiary/aromatic N) is 10. The van der Waals surface area contributed by atoms with Gasteiger partial charge in [-0.3, -0.25) is 9.80 Å². The Balaban J connectivity index is 0.000000191. The van der Waals surface area contributed by atoms with Gasteiger partial charge in [-0.2, -0.15) is 26.3 Å². The first kappa shape index (κ1) is 47.2. The summed E-state index contributed by atoms with van der Waals surface area (Å²) in [6, 6.07) is 10.5. The fourth-order valence-corrected chi connectivity index (χ4v) is 8.87. The van der Waals surface area contributed by atoms with E-state index in [0.717, 1.165) is 108 Å². The predicted molar refractivity (Wildman–Crippen MR) is 226 cm³/mol. The molecule has 64 heavy (non-hydrogen) atoms. The number of oxazole rings is 2. The second-order valence-corrected chi connectivity index (χ2v) is 17.4. The fourth-order valence-electron chi connectivity index (χ4n) is 7.20. The van der Waals surface area contributed by atoms with Crippen molar-refractivity contribution in [3.05, 3.63) is 95.0 Å². The monoisotopic (exact) mass is 934 g/mol. The third-order valence-electron chi connectivity index (χ3n) is 10.8. The molecule has 2 aromatic carbocycles. The summed E-state index contributed by atoms with van der Waals surface area (Å²) in [6.45, 7) is 9.52. The van der Waals surface area contributed by atoms with Gasteiger partial charge in [-0.15, -0.1) is 20.4 Å². The van der Waals surface area contributed by atoms with Crippen molar-refractivity contribution >= 4 is 23.5 Å². The van der Waals surface area contributed by atoms with Gasteiger partial charge in [-0.05, 0) is 75.2 Å². The molecule has 2 fully saturated rings. The molecule has 22 heteroatoms. The van der Waals surface area contributed by atoms with Crippen LogP contribution >= 0.6 is 23.5 Å². The number of benzene rings is 2. The zero-order valence-electron chi connectivity index (χ0n) is 35.6. The van der Waals surface area contributed by atoms with Gasteiger partial charge in [0.15, 0.2) is 34.6 Å². The van der Waals surface area contributed by atoms with E-state index in [2.05, 4.69) is 40.2 Å². The van der Waals surface area contributed by atoms with E-state index in [9.17, 15) is 26.3 Å². The van der Waals surface area contributed by atoms with Crippen LogP contribution in [0.15, 0.2) is 80.5 Å². The highest BCUT2D eigenvalue weighted by Crippen LogP contribution is 2.33. The summed E-state index contributed by atoms with van der Waals surface area (Å²) in [5.74, 6) is 4.27. The van der Waals surface area contributed by atoms with Gasteiger partial charge in [0.2, 0.25) is 11.6 Å². The van der Waals surface area contributed by atoms with Crippen LogP contribution in [0.4, 0.5) is 26.3 Å². The largest absolute Gasteiger partial charge is 0.440 e. The minimum absolute atomic E-state index is 0.217. The standard InChI is InChI=1S/2C21H24F3N5O2S/c2*1-14-18(31-13-25-14)19-26-27-20(28(19)2)32-11-3-8-29-9-10-30-17(12-29)15-4-6-16(7-5-15)21(22,23)24/h2*4-7,13,17H,3,8-12H2,1-2H3/t2*17-/m10/s1. The number of ether oxygens (including phenoxy) is 2. The summed E-state index contributed by atoms with van der Waals surface area (Å²) in [4.78, 5) is 12.8. The number of hydrogen-bond donors (Lipinski definition) is 0. The first-order valence-corrected chi connectivity index (χ1v) is 22.5. The number of aromatic nitrogens is 8. The molecule has 4 aromatic heterocycles. The highest BCUT2D eigenvalue weighted by Gasteiger charge is 2.32. The molecular weight excluding hydrogens is 887 g/mol. The highest BCUT2D eigenvalue weighted by molar-refractivity contribution is 7.99. The Morgan fingerprint density at radius 3 is 1.33 bits per heavy atom. The molecule has 8 rings (SSSR count). The van der Waals surface area contributed by atoms with E-state index < -0.39 is 23.5 Å². The SMILES string of the molecule is Cc1ncoc1-c1nnc(SCCCN2CCO[C@@H](c3ccc(C(F)(F)F)cc3)C2)n1C.Cc1ncoc1-c1nnc(SCCCN2CCO[C@H](c3ccc(C(F)(F)F)cc3)C2)n1C. The van der Waals surface area contributed by atoms with Gasteiger partial charge in [0.1, 0.15) is 0 Å². The van der Waals surface area contributed by atoms with Crippen LogP contribution in [0.5, 0.6) is 0 Å². The van der Waals surface area contributed by atoms with Crippen molar-refractivity contribution < 1.29 is 44.7 Å². The second kappa shape index (κ2) is 21.0. The molecule has 14 nitrogen and oxygen atoms in total. The summed E-state index contributed by atoms with van der Waals surface area (Å²) < 4.78 is 103. The van der Waals surface area contributed by atoms with E-state index in [0.29, 0.717) is 49.5 Å². The van der Waals surface area contributed by atoms with E-state index in [1.165, 1.54) is 37.1 Å². The van der Waals surface area contributed by atoms with Crippen molar-refractivity contribution in [1.29, 1.82) is 0 Å². The van der Waals surface area contributed by atoms with Crippen molar-refractivity contribution in [2.75, 3.05) is 64.0 Å². The Hall–Kier alpha value is -4.74. The number of aryl methyl sites for hydroxylation is 2. The van der Waals surface area contributed by atoms with E-state index in [-0.39, 0.29) is 12.2 Å². The Bertz CT molecular complexity index is 2240. The smallest absolute Gasteiger partial charge is 0.416 e. The molecule has 0 aliphatic carbocycles. The maximum Gasteiger partial charge on any atom is 0.416 e. The summed E-state index contributed by atoms with van der Waals surface area (Å²) in [5.41, 5.74) is 1.80. The van der Waals surface area contributed by atoms with E-state index in [1.54, 1.807) is 23.5 Å². The predicted octanol–water partition coefficient (Wildman–Crippen LogP) is 8.71. The second-order valence-electron chi connectivity index (χ2n) is 15.2. The topological polar surface area (TPSA) is 138 Å². The number of thioether (sulfide) groups is 2. The third-order valence-corrected chi connectivity index (χ3v) is 13.0. The lowest BCUT2D eigenvalue weighted by Crippen LogP contribution is -2.39. The van der Waals surface area contributed by atoms with Crippen LogP contribution in [-0.4, -0.2) is 113 Å². The van der Waals surface area contributed by atoms with Gasteiger partial charge in [-0.1, -0.05) is 47.8 Å². The molecule has 2 saturated heterocycles. The molecule has 2 aliphatic rings. The molecule has 0 saturated carbocycles. The molecule has 6 aromatic rings. The average Bonchev–Trinajstić information content (AvgIpc) is 4.08. The van der Waals surface area contributed by atoms with Crippen LogP contribution in [-0.2, 0) is 35.9 Å². The van der Waals surface area contributed by atoms with Crippen LogP contribution in [0, 0.1) is 13.8 Å². The summed E-state index contributed by atoms with van der Waals surface area (Å²) in [7, 11) is 3.80. The fraction of sp³-hybridized carbons (Fsp3) is 0.476. The molecule has 6 heterocycles. The molecule has 2 atom stereocenters. The van der Waals surface area contributed by atoms with Gasteiger partial charge >= 0.3 is 12.4 Å². The molecule has 0 N–H and O–H groups in total. The van der Waals surface area contributed by atoms with E-state index in [1.807, 2.05) is 37.1 Å². The summed E-state index contributed by atoms with van der Waals surface area (Å²) in [5, 5.41) is 18.5. The molecule has 0 unspecified atom stereocenters. The number of morpholine rings is 2.